The van der Waals surface area contributed by atoms with Crippen molar-refractivity contribution in [3.63, 3.8) is 0 Å². The third kappa shape index (κ3) is 5.21. The van der Waals surface area contributed by atoms with Crippen molar-refractivity contribution in [1.29, 1.82) is 0 Å². The lowest BCUT2D eigenvalue weighted by Gasteiger charge is -2.32. The Kier molecular flexibility index (Phi) is 7.82. The average molecular weight is 321 g/mol. The van der Waals surface area contributed by atoms with Gasteiger partial charge in [0.25, 0.3) is 0 Å². The van der Waals surface area contributed by atoms with Crippen LogP contribution in [0.3, 0.4) is 0 Å². The lowest BCUT2D eigenvalue weighted by Crippen LogP contribution is -2.34. The molecule has 0 radical (unpaired) electrons. The van der Waals surface area contributed by atoms with Crippen LogP contribution in [0.4, 0.5) is 4.39 Å². The second kappa shape index (κ2) is 8.83. The van der Waals surface area contributed by atoms with Gasteiger partial charge in [-0.3, -0.25) is 4.90 Å². The van der Waals surface area contributed by atoms with Gasteiger partial charge in [-0.05, 0) is 69.6 Å². The summed E-state index contributed by atoms with van der Waals surface area (Å²) in [6.45, 7) is 4.15. The minimum absolute atomic E-state index is 0. The van der Waals surface area contributed by atoms with Crippen molar-refractivity contribution in [3.05, 3.63) is 34.6 Å². The number of benzene rings is 1. The lowest BCUT2D eigenvalue weighted by molar-refractivity contribution is 0.172. The largest absolute Gasteiger partial charge is 0.320 e. The zero-order valence-corrected chi connectivity index (χ0v) is 13.4. The molecular weight excluding hydrogens is 298 g/mol. The second-order valence-electron chi connectivity index (χ2n) is 5.36. The first-order valence-electron chi connectivity index (χ1n) is 7.00. The zero-order chi connectivity index (χ0) is 13.7. The number of likely N-dealkylation sites (tertiary alicyclic amines) is 1. The lowest BCUT2D eigenvalue weighted by atomic mass is 9.93. The van der Waals surface area contributed by atoms with Crippen molar-refractivity contribution < 1.29 is 4.39 Å². The van der Waals surface area contributed by atoms with Crippen molar-refractivity contribution in [2.45, 2.75) is 25.8 Å². The smallest absolute Gasteiger partial charge is 0.142 e. The molecule has 0 aromatic heterocycles. The van der Waals surface area contributed by atoms with Crippen LogP contribution in [-0.4, -0.2) is 31.6 Å². The molecule has 2 rings (SSSR count). The van der Waals surface area contributed by atoms with Gasteiger partial charge in [0, 0.05) is 6.54 Å². The van der Waals surface area contributed by atoms with Crippen LogP contribution in [0.25, 0.3) is 0 Å². The molecule has 0 aliphatic carbocycles. The molecular formula is C15H23Cl2FN2. The summed E-state index contributed by atoms with van der Waals surface area (Å²) in [5.41, 5.74) is 1.01. The van der Waals surface area contributed by atoms with Crippen molar-refractivity contribution >= 4 is 24.0 Å². The van der Waals surface area contributed by atoms with Crippen LogP contribution in [0, 0.1) is 11.7 Å². The van der Waals surface area contributed by atoms with Crippen LogP contribution in [-0.2, 0) is 6.54 Å². The molecule has 0 amide bonds. The highest BCUT2D eigenvalue weighted by molar-refractivity contribution is 6.30. The van der Waals surface area contributed by atoms with E-state index in [0.29, 0.717) is 0 Å². The zero-order valence-electron chi connectivity index (χ0n) is 11.9. The minimum atomic E-state index is -0.317. The Morgan fingerprint density at radius 1 is 1.35 bits per heavy atom. The molecule has 0 unspecified atom stereocenters. The van der Waals surface area contributed by atoms with Crippen LogP contribution >= 0.6 is 24.0 Å². The van der Waals surface area contributed by atoms with Crippen LogP contribution in [0.15, 0.2) is 18.2 Å². The summed E-state index contributed by atoms with van der Waals surface area (Å²) >= 11 is 5.70. The van der Waals surface area contributed by atoms with E-state index in [1.807, 2.05) is 13.1 Å². The summed E-state index contributed by atoms with van der Waals surface area (Å²) in [5, 5.41) is 3.41. The topological polar surface area (TPSA) is 15.3 Å². The van der Waals surface area contributed by atoms with Crippen LogP contribution < -0.4 is 5.32 Å². The predicted molar refractivity (Wildman–Crippen MR) is 85.2 cm³/mol. The van der Waals surface area contributed by atoms with E-state index in [9.17, 15) is 4.39 Å². The number of halogens is 3. The Morgan fingerprint density at radius 2 is 2.05 bits per heavy atom. The van der Waals surface area contributed by atoms with Gasteiger partial charge in [-0.15, -0.1) is 12.4 Å². The van der Waals surface area contributed by atoms with Crippen molar-refractivity contribution in [2.75, 3.05) is 26.7 Å². The molecule has 5 heteroatoms. The number of rotatable bonds is 5. The summed E-state index contributed by atoms with van der Waals surface area (Å²) in [4.78, 5) is 2.40. The average Bonchev–Trinajstić information content (AvgIpc) is 2.42. The number of nitrogens with zero attached hydrogens (tertiary/aromatic N) is 1. The van der Waals surface area contributed by atoms with Crippen LogP contribution in [0.1, 0.15) is 24.8 Å². The SMILES string of the molecule is CNCCC1CCN(Cc2ccc(Cl)c(F)c2)CC1.Cl. The van der Waals surface area contributed by atoms with E-state index in [0.717, 1.165) is 37.7 Å². The fourth-order valence-corrected chi connectivity index (χ4v) is 2.80. The molecule has 114 valence electrons. The number of piperidine rings is 1. The molecule has 1 aromatic carbocycles. The van der Waals surface area contributed by atoms with E-state index in [1.54, 1.807) is 12.1 Å². The second-order valence-corrected chi connectivity index (χ2v) is 5.77. The van der Waals surface area contributed by atoms with E-state index in [-0.39, 0.29) is 23.2 Å². The highest BCUT2D eigenvalue weighted by atomic mass is 35.5. The molecule has 0 saturated carbocycles. The molecule has 0 spiro atoms. The molecule has 1 aromatic rings. The van der Waals surface area contributed by atoms with Crippen molar-refractivity contribution in [2.24, 2.45) is 5.92 Å². The first kappa shape index (κ1) is 17.7. The highest BCUT2D eigenvalue weighted by Gasteiger charge is 2.18. The van der Waals surface area contributed by atoms with Crippen molar-refractivity contribution in [1.82, 2.24) is 10.2 Å². The van der Waals surface area contributed by atoms with Gasteiger partial charge in [0.1, 0.15) is 5.82 Å². The van der Waals surface area contributed by atoms with Gasteiger partial charge in [0.05, 0.1) is 5.02 Å². The Balaban J connectivity index is 0.00000200. The highest BCUT2D eigenvalue weighted by Crippen LogP contribution is 2.22. The van der Waals surface area contributed by atoms with E-state index in [4.69, 9.17) is 11.6 Å². The summed E-state index contributed by atoms with van der Waals surface area (Å²) in [5.74, 6) is 0.522. The Morgan fingerprint density at radius 3 is 2.65 bits per heavy atom. The first-order chi connectivity index (χ1) is 9.19. The van der Waals surface area contributed by atoms with Gasteiger partial charge in [-0.25, -0.2) is 4.39 Å². The molecule has 20 heavy (non-hydrogen) atoms. The monoisotopic (exact) mass is 320 g/mol. The maximum atomic E-state index is 13.4. The van der Waals surface area contributed by atoms with E-state index in [2.05, 4.69) is 10.2 Å². The maximum absolute atomic E-state index is 13.4. The number of hydrogen-bond acceptors (Lipinski definition) is 2. The van der Waals surface area contributed by atoms with Crippen LogP contribution in [0.5, 0.6) is 0 Å². The van der Waals surface area contributed by atoms with Gasteiger partial charge in [0.15, 0.2) is 0 Å². The summed E-state index contributed by atoms with van der Waals surface area (Å²) in [6.07, 6.45) is 3.76. The first-order valence-corrected chi connectivity index (χ1v) is 7.37. The van der Waals surface area contributed by atoms with E-state index in [1.165, 1.54) is 19.3 Å². The Bertz CT molecular complexity index is 407. The molecule has 2 nitrogen and oxygen atoms in total. The molecule has 1 heterocycles. The van der Waals surface area contributed by atoms with Gasteiger partial charge in [-0.2, -0.15) is 0 Å². The number of hydrogen-bond donors (Lipinski definition) is 1. The summed E-state index contributed by atoms with van der Waals surface area (Å²) in [7, 11) is 2.00. The normalized spacial score (nSPS) is 16.9. The summed E-state index contributed by atoms with van der Waals surface area (Å²) < 4.78 is 13.4. The molecule has 1 saturated heterocycles. The molecule has 1 aliphatic rings. The standard InChI is InChI=1S/C15H22ClFN2.ClH/c1-18-7-4-12-5-8-19(9-6-12)11-13-2-3-14(16)15(17)10-13;/h2-3,10,12,18H,4-9,11H2,1H3;1H. The number of nitrogens with one attached hydrogen (secondary N) is 1. The fourth-order valence-electron chi connectivity index (χ4n) is 2.68. The third-order valence-corrected chi connectivity index (χ3v) is 4.21. The molecule has 1 N–H and O–H groups in total. The molecule has 1 fully saturated rings. The minimum Gasteiger partial charge on any atom is -0.320 e. The molecule has 1 aliphatic heterocycles. The van der Waals surface area contributed by atoms with Crippen LogP contribution in [0.2, 0.25) is 5.02 Å². The van der Waals surface area contributed by atoms with E-state index < -0.39 is 0 Å². The third-order valence-electron chi connectivity index (χ3n) is 3.90. The predicted octanol–water partition coefficient (Wildman–Crippen LogP) is 3.72. The maximum Gasteiger partial charge on any atom is 0.142 e. The van der Waals surface area contributed by atoms with Crippen molar-refractivity contribution in [3.8, 4) is 0 Å². The molecule has 0 atom stereocenters. The van der Waals surface area contributed by atoms with Gasteiger partial charge in [0.2, 0.25) is 0 Å². The Hall–Kier alpha value is -0.350. The quantitative estimate of drug-likeness (QED) is 0.889. The summed E-state index contributed by atoms with van der Waals surface area (Å²) in [6, 6.07) is 5.11. The molecule has 0 bridgehead atoms. The Labute approximate surface area is 132 Å². The van der Waals surface area contributed by atoms with E-state index >= 15 is 0 Å². The van der Waals surface area contributed by atoms with Gasteiger partial charge < -0.3 is 5.32 Å². The van der Waals surface area contributed by atoms with Gasteiger partial charge in [-0.1, -0.05) is 17.7 Å². The fraction of sp³-hybridized carbons (Fsp3) is 0.600. The van der Waals surface area contributed by atoms with Gasteiger partial charge >= 0.3 is 0 Å².